The predicted octanol–water partition coefficient (Wildman–Crippen LogP) is 1.73. The van der Waals surface area contributed by atoms with Gasteiger partial charge in [0.05, 0.1) is 5.60 Å². The Kier molecular flexibility index (Phi) is 3.71. The standard InChI is InChI=1S/C16H24N2O2/c1-18(11-16(19)6-8-20-9-7-16)15-5-2-12-10-13(17)3-4-14(12)15/h3-4,10,15,19H,2,5-9,11,17H2,1H3. The summed E-state index contributed by atoms with van der Waals surface area (Å²) in [6.45, 7) is 2.05. The van der Waals surface area contributed by atoms with Gasteiger partial charge in [-0.25, -0.2) is 0 Å². The van der Waals surface area contributed by atoms with E-state index in [1.54, 1.807) is 0 Å². The highest BCUT2D eigenvalue weighted by molar-refractivity contribution is 5.47. The quantitative estimate of drug-likeness (QED) is 0.826. The molecule has 3 N–H and O–H groups in total. The third kappa shape index (κ3) is 2.68. The molecule has 0 radical (unpaired) electrons. The van der Waals surface area contributed by atoms with Crippen molar-refractivity contribution in [2.45, 2.75) is 37.3 Å². The van der Waals surface area contributed by atoms with Crippen molar-refractivity contribution < 1.29 is 9.84 Å². The summed E-state index contributed by atoms with van der Waals surface area (Å²) >= 11 is 0. The van der Waals surface area contributed by atoms with Gasteiger partial charge in [-0.3, -0.25) is 4.90 Å². The lowest BCUT2D eigenvalue weighted by Gasteiger charge is -2.37. The summed E-state index contributed by atoms with van der Waals surface area (Å²) in [6, 6.07) is 6.62. The third-order valence-corrected chi connectivity index (χ3v) is 4.71. The van der Waals surface area contributed by atoms with Gasteiger partial charge in [0.2, 0.25) is 0 Å². The minimum Gasteiger partial charge on any atom is -0.399 e. The number of hydrogen-bond acceptors (Lipinski definition) is 4. The highest BCUT2D eigenvalue weighted by Crippen LogP contribution is 2.37. The van der Waals surface area contributed by atoms with E-state index in [0.29, 0.717) is 25.8 Å². The van der Waals surface area contributed by atoms with Crippen LogP contribution in [0.4, 0.5) is 5.69 Å². The van der Waals surface area contributed by atoms with Crippen molar-refractivity contribution in [1.29, 1.82) is 0 Å². The highest BCUT2D eigenvalue weighted by Gasteiger charge is 2.34. The van der Waals surface area contributed by atoms with Gasteiger partial charge in [0.15, 0.2) is 0 Å². The zero-order valence-corrected chi connectivity index (χ0v) is 12.1. The van der Waals surface area contributed by atoms with Crippen LogP contribution in [0, 0.1) is 0 Å². The zero-order chi connectivity index (χ0) is 14.2. The van der Waals surface area contributed by atoms with Gasteiger partial charge in [-0.05, 0) is 43.1 Å². The molecule has 1 fully saturated rings. The Morgan fingerprint density at radius 3 is 2.90 bits per heavy atom. The van der Waals surface area contributed by atoms with Gasteiger partial charge in [-0.15, -0.1) is 0 Å². The topological polar surface area (TPSA) is 58.7 Å². The van der Waals surface area contributed by atoms with E-state index in [-0.39, 0.29) is 0 Å². The number of nitrogen functional groups attached to an aromatic ring is 1. The summed E-state index contributed by atoms with van der Waals surface area (Å²) in [5.74, 6) is 0. The van der Waals surface area contributed by atoms with E-state index >= 15 is 0 Å². The summed E-state index contributed by atoms with van der Waals surface area (Å²) in [7, 11) is 2.11. The van der Waals surface area contributed by atoms with E-state index in [9.17, 15) is 5.11 Å². The Hall–Kier alpha value is -1.10. The Labute approximate surface area is 120 Å². The summed E-state index contributed by atoms with van der Waals surface area (Å²) < 4.78 is 5.35. The van der Waals surface area contributed by atoms with E-state index in [4.69, 9.17) is 10.5 Å². The van der Waals surface area contributed by atoms with Crippen molar-refractivity contribution in [3.05, 3.63) is 29.3 Å². The second-order valence-electron chi connectivity index (χ2n) is 6.26. The largest absolute Gasteiger partial charge is 0.399 e. The van der Waals surface area contributed by atoms with Gasteiger partial charge in [0.25, 0.3) is 0 Å². The van der Waals surface area contributed by atoms with Crippen LogP contribution in [0.3, 0.4) is 0 Å². The highest BCUT2D eigenvalue weighted by atomic mass is 16.5. The second-order valence-corrected chi connectivity index (χ2v) is 6.26. The summed E-state index contributed by atoms with van der Waals surface area (Å²) in [6.07, 6.45) is 3.66. The van der Waals surface area contributed by atoms with E-state index in [2.05, 4.69) is 24.1 Å². The van der Waals surface area contributed by atoms with Crippen LogP contribution in [0.1, 0.15) is 36.4 Å². The van der Waals surface area contributed by atoms with Gasteiger partial charge in [0.1, 0.15) is 0 Å². The van der Waals surface area contributed by atoms with Gasteiger partial charge < -0.3 is 15.6 Å². The van der Waals surface area contributed by atoms with Crippen molar-refractivity contribution in [3.8, 4) is 0 Å². The zero-order valence-electron chi connectivity index (χ0n) is 12.1. The summed E-state index contributed by atoms with van der Waals surface area (Å²) in [5, 5.41) is 10.7. The molecule has 2 aliphatic rings. The number of aliphatic hydroxyl groups is 1. The Bertz CT molecular complexity index is 483. The van der Waals surface area contributed by atoms with Crippen molar-refractivity contribution in [2.24, 2.45) is 0 Å². The van der Waals surface area contributed by atoms with E-state index in [0.717, 1.165) is 31.4 Å². The number of hydrogen-bond donors (Lipinski definition) is 2. The molecule has 1 atom stereocenters. The number of ether oxygens (including phenoxy) is 1. The Morgan fingerprint density at radius 2 is 2.15 bits per heavy atom. The molecule has 0 saturated carbocycles. The average Bonchev–Trinajstić information content (AvgIpc) is 2.81. The molecule has 0 aromatic heterocycles. The van der Waals surface area contributed by atoms with Crippen LogP contribution < -0.4 is 5.73 Å². The molecule has 4 heteroatoms. The number of likely N-dealkylation sites (N-methyl/N-ethyl adjacent to an activating group) is 1. The molecule has 4 nitrogen and oxygen atoms in total. The van der Waals surface area contributed by atoms with Crippen molar-refractivity contribution in [2.75, 3.05) is 32.5 Å². The molecular weight excluding hydrogens is 252 g/mol. The molecule has 0 spiro atoms. The van der Waals surface area contributed by atoms with Crippen LogP contribution in [-0.2, 0) is 11.2 Å². The van der Waals surface area contributed by atoms with Crippen molar-refractivity contribution in [3.63, 3.8) is 0 Å². The van der Waals surface area contributed by atoms with Gasteiger partial charge in [-0.1, -0.05) is 6.07 Å². The monoisotopic (exact) mass is 276 g/mol. The average molecular weight is 276 g/mol. The summed E-state index contributed by atoms with van der Waals surface area (Å²) in [4.78, 5) is 2.30. The lowest BCUT2D eigenvalue weighted by molar-refractivity contribution is -0.0815. The number of nitrogens with zero attached hydrogens (tertiary/aromatic N) is 1. The van der Waals surface area contributed by atoms with E-state index in [1.165, 1.54) is 11.1 Å². The fraction of sp³-hybridized carbons (Fsp3) is 0.625. The minimum absolute atomic E-state index is 0.400. The molecule has 1 aromatic rings. The molecule has 1 saturated heterocycles. The third-order valence-electron chi connectivity index (χ3n) is 4.71. The number of anilines is 1. The smallest absolute Gasteiger partial charge is 0.0818 e. The predicted molar refractivity (Wildman–Crippen MR) is 79.5 cm³/mol. The van der Waals surface area contributed by atoms with Crippen molar-refractivity contribution in [1.82, 2.24) is 4.90 Å². The number of nitrogens with two attached hydrogens (primary N) is 1. The van der Waals surface area contributed by atoms with E-state index in [1.807, 2.05) is 6.07 Å². The molecule has 1 unspecified atom stereocenters. The van der Waals surface area contributed by atoms with Crippen molar-refractivity contribution >= 4 is 5.69 Å². The lowest BCUT2D eigenvalue weighted by Crippen LogP contribution is -2.46. The SMILES string of the molecule is CN(CC1(O)CCOCC1)C1CCc2cc(N)ccc21. The molecule has 1 heterocycles. The maximum atomic E-state index is 10.7. The minimum atomic E-state index is -0.594. The molecule has 0 amide bonds. The first-order valence-corrected chi connectivity index (χ1v) is 7.46. The van der Waals surface area contributed by atoms with Crippen LogP contribution in [0.5, 0.6) is 0 Å². The number of rotatable bonds is 3. The van der Waals surface area contributed by atoms with Crippen LogP contribution in [0.2, 0.25) is 0 Å². The van der Waals surface area contributed by atoms with E-state index < -0.39 is 5.60 Å². The van der Waals surface area contributed by atoms with Crippen LogP contribution in [0.25, 0.3) is 0 Å². The fourth-order valence-electron chi connectivity index (χ4n) is 3.56. The number of aryl methyl sites for hydroxylation is 1. The molecule has 0 bridgehead atoms. The van der Waals surface area contributed by atoms with Crippen LogP contribution in [0.15, 0.2) is 18.2 Å². The van der Waals surface area contributed by atoms with Gasteiger partial charge in [0, 0.05) is 44.3 Å². The second kappa shape index (κ2) is 5.35. The Morgan fingerprint density at radius 1 is 1.40 bits per heavy atom. The summed E-state index contributed by atoms with van der Waals surface area (Å²) in [5.41, 5.74) is 8.84. The normalized spacial score (nSPS) is 24.9. The first kappa shape index (κ1) is 13.9. The lowest BCUT2D eigenvalue weighted by atomic mass is 9.93. The molecule has 1 aliphatic carbocycles. The molecule has 1 aliphatic heterocycles. The number of fused-ring (bicyclic) bond motifs is 1. The van der Waals surface area contributed by atoms with Crippen LogP contribution >= 0.6 is 0 Å². The van der Waals surface area contributed by atoms with Gasteiger partial charge in [-0.2, -0.15) is 0 Å². The fourth-order valence-corrected chi connectivity index (χ4v) is 3.56. The van der Waals surface area contributed by atoms with Gasteiger partial charge >= 0.3 is 0 Å². The maximum absolute atomic E-state index is 10.7. The molecule has 3 rings (SSSR count). The molecule has 1 aromatic carbocycles. The molecular formula is C16H24N2O2. The molecule has 20 heavy (non-hydrogen) atoms. The maximum Gasteiger partial charge on any atom is 0.0818 e. The Balaban J connectivity index is 1.71. The first-order valence-electron chi connectivity index (χ1n) is 7.46. The molecule has 110 valence electrons. The first-order chi connectivity index (χ1) is 9.57. The van der Waals surface area contributed by atoms with Crippen LogP contribution in [-0.4, -0.2) is 42.4 Å². The number of benzene rings is 1.